The molecule has 1 aliphatic rings. The van der Waals surface area contributed by atoms with Crippen LogP contribution in [0, 0.1) is 20.8 Å². The zero-order valence-electron chi connectivity index (χ0n) is 19.1. The summed E-state index contributed by atoms with van der Waals surface area (Å²) in [5.74, 6) is 0.856. The van der Waals surface area contributed by atoms with Gasteiger partial charge in [0.05, 0.1) is 22.4 Å². The molecule has 0 spiro atoms. The van der Waals surface area contributed by atoms with Gasteiger partial charge in [0.15, 0.2) is 15.0 Å². The quantitative estimate of drug-likeness (QED) is 0.471. The van der Waals surface area contributed by atoms with Gasteiger partial charge < -0.3 is 9.64 Å². The van der Waals surface area contributed by atoms with E-state index in [1.54, 1.807) is 11.3 Å². The number of aryl methyl sites for hydroxylation is 3. The number of hydrogen-bond donors (Lipinski definition) is 0. The van der Waals surface area contributed by atoms with Crippen molar-refractivity contribution in [2.75, 3.05) is 24.6 Å². The molecule has 32 heavy (non-hydrogen) atoms. The number of anilines is 1. The smallest absolute Gasteiger partial charge is 0.185 e. The molecule has 7 heteroatoms. The molecule has 4 rings (SSSR count). The fraction of sp³-hybridized carbons (Fsp3) is 0.400. The summed E-state index contributed by atoms with van der Waals surface area (Å²) in [6.45, 7) is 9.83. The third-order valence-corrected chi connectivity index (χ3v) is 9.46. The SMILES string of the molecule is CCOc1ccc(-c2csc(N3CCC(S(=O)(=O)c4c(C)cc(C)cc4C)CC3)n2)cc1. The molecule has 2 aromatic carbocycles. The number of sulfone groups is 1. The molecule has 2 heterocycles. The molecule has 170 valence electrons. The lowest BCUT2D eigenvalue weighted by atomic mass is 10.1. The Morgan fingerprint density at radius 1 is 1.06 bits per heavy atom. The topological polar surface area (TPSA) is 59.5 Å². The lowest BCUT2D eigenvalue weighted by Crippen LogP contribution is -2.39. The van der Waals surface area contributed by atoms with Crippen molar-refractivity contribution in [3.8, 4) is 17.0 Å². The van der Waals surface area contributed by atoms with E-state index in [9.17, 15) is 8.42 Å². The summed E-state index contributed by atoms with van der Waals surface area (Å²) in [5, 5.41) is 2.67. The van der Waals surface area contributed by atoms with Crippen LogP contribution >= 0.6 is 11.3 Å². The van der Waals surface area contributed by atoms with Gasteiger partial charge in [0.1, 0.15) is 5.75 Å². The van der Waals surface area contributed by atoms with Gasteiger partial charge >= 0.3 is 0 Å². The van der Waals surface area contributed by atoms with E-state index in [4.69, 9.17) is 9.72 Å². The summed E-state index contributed by atoms with van der Waals surface area (Å²) in [5.41, 5.74) is 4.79. The summed E-state index contributed by atoms with van der Waals surface area (Å²) in [6, 6.07) is 11.9. The van der Waals surface area contributed by atoms with Gasteiger partial charge in [-0.3, -0.25) is 0 Å². The van der Waals surface area contributed by atoms with Gasteiger partial charge in [-0.05, 0) is 75.9 Å². The van der Waals surface area contributed by atoms with Gasteiger partial charge in [-0.2, -0.15) is 0 Å². The van der Waals surface area contributed by atoms with Crippen LogP contribution in [-0.2, 0) is 9.84 Å². The Morgan fingerprint density at radius 3 is 2.28 bits per heavy atom. The third kappa shape index (κ3) is 4.55. The molecule has 1 fully saturated rings. The lowest BCUT2D eigenvalue weighted by Gasteiger charge is -2.32. The van der Waals surface area contributed by atoms with Crippen LogP contribution in [0.3, 0.4) is 0 Å². The number of benzene rings is 2. The average Bonchev–Trinajstić information content (AvgIpc) is 3.24. The van der Waals surface area contributed by atoms with Crippen LogP contribution < -0.4 is 9.64 Å². The lowest BCUT2D eigenvalue weighted by molar-refractivity contribution is 0.340. The van der Waals surface area contributed by atoms with Crippen molar-refractivity contribution in [3.05, 3.63) is 58.5 Å². The molecule has 1 saturated heterocycles. The third-order valence-electron chi connectivity index (χ3n) is 5.99. The minimum Gasteiger partial charge on any atom is -0.494 e. The standard InChI is InChI=1S/C25H30N2O3S2/c1-5-30-21-8-6-20(7-9-21)23-16-31-25(26-23)27-12-10-22(11-13-27)32(28,29)24-18(3)14-17(2)15-19(24)4/h6-9,14-16,22H,5,10-13H2,1-4H3. The van der Waals surface area contributed by atoms with E-state index in [1.165, 1.54) is 0 Å². The minimum atomic E-state index is -3.35. The second kappa shape index (κ2) is 9.24. The van der Waals surface area contributed by atoms with E-state index in [-0.39, 0.29) is 5.25 Å². The Bertz CT molecular complexity index is 1170. The Kier molecular flexibility index (Phi) is 6.58. The van der Waals surface area contributed by atoms with Crippen LogP contribution in [0.25, 0.3) is 11.3 Å². The zero-order valence-corrected chi connectivity index (χ0v) is 20.7. The highest BCUT2D eigenvalue weighted by molar-refractivity contribution is 7.92. The fourth-order valence-electron chi connectivity index (χ4n) is 4.57. The van der Waals surface area contributed by atoms with Gasteiger partial charge in [0.25, 0.3) is 0 Å². The van der Waals surface area contributed by atoms with Crippen LogP contribution in [-0.4, -0.2) is 38.3 Å². The number of ether oxygens (including phenoxy) is 1. The molecule has 0 bridgehead atoms. The maximum atomic E-state index is 13.4. The predicted molar refractivity (Wildman–Crippen MR) is 132 cm³/mol. The molecule has 0 atom stereocenters. The van der Waals surface area contributed by atoms with Crippen molar-refractivity contribution in [2.45, 2.75) is 50.7 Å². The Hall–Kier alpha value is -2.38. The van der Waals surface area contributed by atoms with Crippen LogP contribution in [0.5, 0.6) is 5.75 Å². The predicted octanol–water partition coefficient (Wildman–Crippen LogP) is 5.58. The molecule has 0 radical (unpaired) electrons. The molecule has 5 nitrogen and oxygen atoms in total. The Labute approximate surface area is 195 Å². The minimum absolute atomic E-state index is 0.343. The first-order chi connectivity index (χ1) is 15.3. The number of thiazole rings is 1. The van der Waals surface area contributed by atoms with E-state index in [0.29, 0.717) is 37.4 Å². The van der Waals surface area contributed by atoms with Gasteiger partial charge in [-0.25, -0.2) is 13.4 Å². The molecule has 3 aromatic rings. The first kappa shape index (κ1) is 22.8. The summed E-state index contributed by atoms with van der Waals surface area (Å²) >= 11 is 1.61. The number of nitrogens with zero attached hydrogens (tertiary/aromatic N) is 2. The van der Waals surface area contributed by atoms with Crippen molar-refractivity contribution < 1.29 is 13.2 Å². The molecule has 0 saturated carbocycles. The molecule has 0 amide bonds. The van der Waals surface area contributed by atoms with E-state index in [1.807, 2.05) is 64.1 Å². The maximum Gasteiger partial charge on any atom is 0.185 e. The average molecular weight is 471 g/mol. The molecule has 1 aliphatic heterocycles. The second-order valence-corrected chi connectivity index (χ2v) is 11.4. The van der Waals surface area contributed by atoms with E-state index >= 15 is 0 Å². The van der Waals surface area contributed by atoms with E-state index in [2.05, 4.69) is 10.3 Å². The van der Waals surface area contributed by atoms with Crippen LogP contribution in [0.1, 0.15) is 36.5 Å². The number of aromatic nitrogens is 1. The first-order valence-corrected chi connectivity index (χ1v) is 13.5. The summed E-state index contributed by atoms with van der Waals surface area (Å²) in [7, 11) is -3.35. The van der Waals surface area contributed by atoms with Crippen molar-refractivity contribution in [3.63, 3.8) is 0 Å². The zero-order chi connectivity index (χ0) is 22.9. The summed E-state index contributed by atoms with van der Waals surface area (Å²) in [4.78, 5) is 7.55. The number of hydrogen-bond acceptors (Lipinski definition) is 6. The molecular formula is C25H30N2O3S2. The second-order valence-electron chi connectivity index (χ2n) is 8.43. The van der Waals surface area contributed by atoms with Gasteiger partial charge in [-0.1, -0.05) is 17.7 Å². The van der Waals surface area contributed by atoms with Crippen LogP contribution in [0.4, 0.5) is 5.13 Å². The summed E-state index contributed by atoms with van der Waals surface area (Å²) in [6.07, 6.45) is 1.24. The van der Waals surface area contributed by atoms with Crippen molar-refractivity contribution >= 4 is 26.3 Å². The summed E-state index contributed by atoms with van der Waals surface area (Å²) < 4.78 is 32.3. The van der Waals surface area contributed by atoms with Crippen molar-refractivity contribution in [1.82, 2.24) is 4.98 Å². The monoisotopic (exact) mass is 470 g/mol. The van der Waals surface area contributed by atoms with E-state index in [0.717, 1.165) is 38.8 Å². The molecular weight excluding hydrogens is 440 g/mol. The molecule has 0 N–H and O–H groups in total. The van der Waals surface area contributed by atoms with Crippen molar-refractivity contribution in [2.24, 2.45) is 0 Å². The fourth-order valence-corrected chi connectivity index (χ4v) is 7.64. The largest absolute Gasteiger partial charge is 0.494 e. The Morgan fingerprint density at radius 2 is 1.69 bits per heavy atom. The van der Waals surface area contributed by atoms with E-state index < -0.39 is 9.84 Å². The normalized spacial score (nSPS) is 15.2. The highest BCUT2D eigenvalue weighted by atomic mass is 32.2. The number of rotatable bonds is 6. The highest BCUT2D eigenvalue weighted by Gasteiger charge is 2.34. The first-order valence-electron chi connectivity index (χ1n) is 11.0. The van der Waals surface area contributed by atoms with Gasteiger partial charge in [0, 0.05) is 24.0 Å². The molecule has 0 unspecified atom stereocenters. The highest BCUT2D eigenvalue weighted by Crippen LogP contribution is 2.34. The van der Waals surface area contributed by atoms with Crippen LogP contribution in [0.15, 0.2) is 46.7 Å². The molecule has 0 aliphatic carbocycles. The molecule has 1 aromatic heterocycles. The van der Waals surface area contributed by atoms with Crippen molar-refractivity contribution in [1.29, 1.82) is 0 Å². The van der Waals surface area contributed by atoms with Crippen LogP contribution in [0.2, 0.25) is 0 Å². The Balaban J connectivity index is 1.45. The van der Waals surface area contributed by atoms with Gasteiger partial charge in [-0.15, -0.1) is 11.3 Å². The number of piperidine rings is 1. The van der Waals surface area contributed by atoms with Gasteiger partial charge in [0.2, 0.25) is 0 Å². The maximum absolute atomic E-state index is 13.4.